The summed E-state index contributed by atoms with van der Waals surface area (Å²) < 4.78 is 0. The molecule has 2 atom stereocenters. The van der Waals surface area contributed by atoms with Gasteiger partial charge in [0.15, 0.2) is 0 Å². The smallest absolute Gasteiger partial charge is 0.224 e. The maximum Gasteiger partial charge on any atom is 0.224 e. The lowest BCUT2D eigenvalue weighted by molar-refractivity contribution is -0.122. The van der Waals surface area contributed by atoms with E-state index in [4.69, 9.17) is 0 Å². The van der Waals surface area contributed by atoms with E-state index in [-0.39, 0.29) is 18.0 Å². The number of para-hydroxylation sites is 1. The van der Waals surface area contributed by atoms with Crippen LogP contribution in [-0.4, -0.2) is 34.9 Å². The van der Waals surface area contributed by atoms with Crippen molar-refractivity contribution in [2.24, 2.45) is 0 Å². The van der Waals surface area contributed by atoms with Gasteiger partial charge in [0.25, 0.3) is 0 Å². The molecule has 4 heteroatoms. The molecule has 2 N–H and O–H groups in total. The first-order chi connectivity index (χ1) is 13.3. The van der Waals surface area contributed by atoms with Crippen LogP contribution in [0.1, 0.15) is 35.7 Å². The third-order valence-electron chi connectivity index (χ3n) is 6.08. The second kappa shape index (κ2) is 6.86. The number of piperidine rings is 1. The highest BCUT2D eigenvalue weighted by molar-refractivity contribution is 5.85. The van der Waals surface area contributed by atoms with Crippen molar-refractivity contribution in [1.29, 1.82) is 0 Å². The zero-order valence-electron chi connectivity index (χ0n) is 15.4. The van der Waals surface area contributed by atoms with Crippen LogP contribution in [0.2, 0.25) is 0 Å². The molecule has 2 aliphatic rings. The average molecular weight is 359 g/mol. The number of fused-ring (bicyclic) bond motifs is 5. The van der Waals surface area contributed by atoms with Gasteiger partial charge in [0.1, 0.15) is 0 Å². The van der Waals surface area contributed by atoms with Crippen LogP contribution in [-0.2, 0) is 17.6 Å². The maximum absolute atomic E-state index is 12.7. The number of hydrogen-bond donors (Lipinski definition) is 2. The highest BCUT2D eigenvalue weighted by Crippen LogP contribution is 2.39. The van der Waals surface area contributed by atoms with E-state index in [9.17, 15) is 4.79 Å². The Morgan fingerprint density at radius 1 is 1.07 bits per heavy atom. The summed E-state index contributed by atoms with van der Waals surface area (Å²) in [6, 6.07) is 19.0. The van der Waals surface area contributed by atoms with Crippen LogP contribution in [0.25, 0.3) is 10.9 Å². The molecule has 5 rings (SSSR count). The van der Waals surface area contributed by atoms with Crippen LogP contribution in [0.5, 0.6) is 0 Å². The molecular formula is C23H25N3O. The monoisotopic (exact) mass is 359 g/mol. The number of aromatic amines is 1. The third kappa shape index (κ3) is 3.04. The Morgan fingerprint density at radius 2 is 1.89 bits per heavy atom. The van der Waals surface area contributed by atoms with E-state index in [1.54, 1.807) is 0 Å². The topological polar surface area (TPSA) is 48.1 Å². The first-order valence-electron chi connectivity index (χ1n) is 9.96. The summed E-state index contributed by atoms with van der Waals surface area (Å²) in [5.74, 6) is 0.122. The first kappa shape index (κ1) is 16.6. The molecule has 0 saturated carbocycles. The van der Waals surface area contributed by atoms with Gasteiger partial charge >= 0.3 is 0 Å². The van der Waals surface area contributed by atoms with E-state index < -0.39 is 0 Å². The number of carbonyl (C=O) groups is 1. The van der Waals surface area contributed by atoms with Crippen molar-refractivity contribution in [3.63, 3.8) is 0 Å². The Hall–Kier alpha value is -2.59. The molecule has 0 radical (unpaired) electrons. The van der Waals surface area contributed by atoms with Crippen molar-refractivity contribution in [3.05, 3.63) is 71.4 Å². The second-order valence-electron chi connectivity index (χ2n) is 7.77. The summed E-state index contributed by atoms with van der Waals surface area (Å²) in [4.78, 5) is 18.9. The minimum absolute atomic E-state index is 0.122. The molecule has 27 heavy (non-hydrogen) atoms. The summed E-state index contributed by atoms with van der Waals surface area (Å²) in [5, 5.41) is 4.69. The van der Waals surface area contributed by atoms with E-state index in [0.717, 1.165) is 37.9 Å². The lowest BCUT2D eigenvalue weighted by Gasteiger charge is -2.44. The highest BCUT2D eigenvalue weighted by Gasteiger charge is 2.38. The molecule has 138 valence electrons. The standard InChI is InChI=1S/C23H25N3O/c27-21(15-16-7-2-1-3-8-16)24-20-11-6-13-26-14-12-18-17-9-4-5-10-19(17)25-22(18)23(20)26/h1-5,7-10,20,23,25H,6,11-15H2,(H,24,27). The highest BCUT2D eigenvalue weighted by atomic mass is 16.1. The van der Waals surface area contributed by atoms with Gasteiger partial charge in [-0.1, -0.05) is 48.5 Å². The molecule has 2 aromatic carbocycles. The lowest BCUT2D eigenvalue weighted by atomic mass is 9.87. The largest absolute Gasteiger partial charge is 0.357 e. The van der Waals surface area contributed by atoms with Gasteiger partial charge in [-0.25, -0.2) is 0 Å². The van der Waals surface area contributed by atoms with Crippen molar-refractivity contribution in [1.82, 2.24) is 15.2 Å². The zero-order chi connectivity index (χ0) is 18.2. The molecule has 1 aromatic heterocycles. The number of benzene rings is 2. The van der Waals surface area contributed by atoms with Crippen molar-refractivity contribution in [2.75, 3.05) is 13.1 Å². The fourth-order valence-electron chi connectivity index (χ4n) is 4.89. The molecule has 1 saturated heterocycles. The average Bonchev–Trinajstić information content (AvgIpc) is 3.07. The second-order valence-corrected chi connectivity index (χ2v) is 7.77. The molecule has 4 nitrogen and oxygen atoms in total. The predicted molar refractivity (Wildman–Crippen MR) is 108 cm³/mol. The van der Waals surface area contributed by atoms with Crippen LogP contribution in [0.3, 0.4) is 0 Å². The van der Waals surface area contributed by atoms with Gasteiger partial charge in [-0.2, -0.15) is 0 Å². The molecule has 0 aliphatic carbocycles. The van der Waals surface area contributed by atoms with Gasteiger partial charge in [0, 0.05) is 23.1 Å². The number of nitrogens with one attached hydrogen (secondary N) is 2. The van der Waals surface area contributed by atoms with Gasteiger partial charge in [0.05, 0.1) is 18.5 Å². The van der Waals surface area contributed by atoms with Crippen molar-refractivity contribution >= 4 is 16.8 Å². The van der Waals surface area contributed by atoms with Gasteiger partial charge in [-0.3, -0.25) is 9.69 Å². The van der Waals surface area contributed by atoms with Crippen LogP contribution >= 0.6 is 0 Å². The molecule has 0 bridgehead atoms. The number of H-pyrrole nitrogens is 1. The van der Waals surface area contributed by atoms with E-state index >= 15 is 0 Å². The Bertz CT molecular complexity index is 962. The summed E-state index contributed by atoms with van der Waals surface area (Å²) in [7, 11) is 0. The van der Waals surface area contributed by atoms with E-state index in [1.165, 1.54) is 22.2 Å². The SMILES string of the molecule is O=C(Cc1ccccc1)NC1CCCN2CCc3c([nH]c4ccccc34)C12. The number of carbonyl (C=O) groups excluding carboxylic acids is 1. The normalized spacial score (nSPS) is 22.2. The van der Waals surface area contributed by atoms with Crippen LogP contribution in [0.4, 0.5) is 0 Å². The Kier molecular flexibility index (Phi) is 4.21. The number of aromatic nitrogens is 1. The van der Waals surface area contributed by atoms with Crippen LogP contribution < -0.4 is 5.32 Å². The number of amides is 1. The molecular weight excluding hydrogens is 334 g/mol. The maximum atomic E-state index is 12.7. The molecule has 3 heterocycles. The molecule has 0 spiro atoms. The molecule has 2 aliphatic heterocycles. The molecule has 1 fully saturated rings. The van der Waals surface area contributed by atoms with Gasteiger partial charge in [-0.05, 0) is 43.0 Å². The fraction of sp³-hybridized carbons (Fsp3) is 0.348. The predicted octanol–water partition coefficient (Wildman–Crippen LogP) is 3.59. The van der Waals surface area contributed by atoms with E-state index in [0.29, 0.717) is 6.42 Å². The van der Waals surface area contributed by atoms with Crippen molar-refractivity contribution in [2.45, 2.75) is 37.8 Å². The first-order valence-corrected chi connectivity index (χ1v) is 9.96. The summed E-state index contributed by atoms with van der Waals surface area (Å²) in [6.45, 7) is 2.19. The van der Waals surface area contributed by atoms with Gasteiger partial charge in [-0.15, -0.1) is 0 Å². The summed E-state index contributed by atoms with van der Waals surface area (Å²) >= 11 is 0. The molecule has 2 unspecified atom stereocenters. The van der Waals surface area contributed by atoms with E-state index in [1.807, 2.05) is 30.3 Å². The van der Waals surface area contributed by atoms with Gasteiger partial charge in [0.2, 0.25) is 5.91 Å². The van der Waals surface area contributed by atoms with Crippen LogP contribution in [0.15, 0.2) is 54.6 Å². The third-order valence-corrected chi connectivity index (χ3v) is 6.08. The van der Waals surface area contributed by atoms with Crippen molar-refractivity contribution in [3.8, 4) is 0 Å². The Morgan fingerprint density at radius 3 is 2.78 bits per heavy atom. The summed E-state index contributed by atoms with van der Waals surface area (Å²) in [5.41, 5.74) is 5.03. The minimum atomic E-state index is 0.122. The van der Waals surface area contributed by atoms with Gasteiger partial charge < -0.3 is 10.3 Å². The minimum Gasteiger partial charge on any atom is -0.357 e. The number of nitrogens with zero attached hydrogens (tertiary/aromatic N) is 1. The van der Waals surface area contributed by atoms with Crippen molar-refractivity contribution < 1.29 is 4.79 Å². The summed E-state index contributed by atoms with van der Waals surface area (Å²) in [6.07, 6.45) is 3.71. The van der Waals surface area contributed by atoms with E-state index in [2.05, 4.69) is 39.5 Å². The lowest BCUT2D eigenvalue weighted by Crippen LogP contribution is -2.52. The quantitative estimate of drug-likeness (QED) is 0.751. The number of rotatable bonds is 3. The molecule has 3 aromatic rings. The fourth-order valence-corrected chi connectivity index (χ4v) is 4.89. The van der Waals surface area contributed by atoms with Crippen LogP contribution in [0, 0.1) is 0 Å². The zero-order valence-corrected chi connectivity index (χ0v) is 15.4. The molecule has 1 amide bonds. The Balaban J connectivity index is 1.42. The number of hydrogen-bond acceptors (Lipinski definition) is 2. The Labute approximate surface area is 159 Å².